The molecule has 1 fully saturated rings. The normalized spacial score (nSPS) is 20.4. The smallest absolute Gasteiger partial charge is 0.273 e. The van der Waals surface area contributed by atoms with Gasteiger partial charge in [0.25, 0.3) is 5.69 Å². The highest BCUT2D eigenvalue weighted by Gasteiger charge is 2.31. The summed E-state index contributed by atoms with van der Waals surface area (Å²) in [4.78, 5) is 10.5. The lowest BCUT2D eigenvalue weighted by Crippen LogP contribution is -2.45. The molecule has 1 unspecified atom stereocenters. The number of rotatable bonds is 3. The van der Waals surface area contributed by atoms with Gasteiger partial charge in [-0.1, -0.05) is 0 Å². The van der Waals surface area contributed by atoms with Crippen molar-refractivity contribution in [3.63, 3.8) is 0 Å². The van der Waals surface area contributed by atoms with Gasteiger partial charge in [-0.05, 0) is 38.3 Å². The van der Waals surface area contributed by atoms with E-state index in [1.807, 2.05) is 0 Å². The van der Waals surface area contributed by atoms with Gasteiger partial charge in [0.2, 0.25) is 10.0 Å². The van der Waals surface area contributed by atoms with Crippen molar-refractivity contribution in [1.82, 2.24) is 4.31 Å². The van der Waals surface area contributed by atoms with E-state index in [4.69, 9.17) is 5.73 Å². The Balaban J connectivity index is 2.49. The van der Waals surface area contributed by atoms with Crippen LogP contribution in [0.3, 0.4) is 0 Å². The minimum absolute atomic E-state index is 0.00565. The van der Waals surface area contributed by atoms with Gasteiger partial charge in [-0.3, -0.25) is 10.1 Å². The monoisotopic (exact) mass is 313 g/mol. The highest BCUT2D eigenvalue weighted by atomic mass is 32.2. The summed E-state index contributed by atoms with van der Waals surface area (Å²) in [5.74, 6) is 0. The molecule has 0 aliphatic carbocycles. The lowest BCUT2D eigenvalue weighted by Gasteiger charge is -2.30. The van der Waals surface area contributed by atoms with Gasteiger partial charge in [0.1, 0.15) is 0 Å². The van der Waals surface area contributed by atoms with Crippen molar-refractivity contribution in [2.75, 3.05) is 13.1 Å². The molecule has 1 aromatic rings. The minimum Gasteiger partial charge on any atom is -0.327 e. The average Bonchev–Trinajstić information content (AvgIpc) is 2.37. The van der Waals surface area contributed by atoms with Gasteiger partial charge in [0, 0.05) is 30.8 Å². The molecule has 0 saturated carbocycles. The predicted molar refractivity (Wildman–Crippen MR) is 78.5 cm³/mol. The summed E-state index contributed by atoms with van der Waals surface area (Å²) in [6, 6.07) is 2.50. The van der Waals surface area contributed by atoms with Gasteiger partial charge >= 0.3 is 0 Å². The lowest BCUT2D eigenvalue weighted by molar-refractivity contribution is -0.385. The van der Waals surface area contributed by atoms with Gasteiger partial charge in [0.05, 0.1) is 9.82 Å². The zero-order chi connectivity index (χ0) is 15.8. The van der Waals surface area contributed by atoms with Crippen molar-refractivity contribution < 1.29 is 13.3 Å². The van der Waals surface area contributed by atoms with Gasteiger partial charge in [-0.15, -0.1) is 0 Å². The number of nitrogens with two attached hydrogens (primary N) is 1. The molecule has 0 bridgehead atoms. The van der Waals surface area contributed by atoms with Crippen LogP contribution < -0.4 is 5.73 Å². The fourth-order valence-electron chi connectivity index (χ4n) is 2.63. The molecule has 116 valence electrons. The van der Waals surface area contributed by atoms with Crippen molar-refractivity contribution in [2.45, 2.75) is 37.6 Å². The highest BCUT2D eigenvalue weighted by molar-refractivity contribution is 7.89. The van der Waals surface area contributed by atoms with E-state index in [2.05, 4.69) is 0 Å². The molecule has 2 rings (SSSR count). The standard InChI is InChI=1S/C13H19N3O4S/c1-9-6-10(2)13(7-12(9)16(17)18)21(19,20)15-5-3-4-11(14)8-15/h6-7,11H,3-5,8,14H2,1-2H3. The maximum absolute atomic E-state index is 12.7. The largest absolute Gasteiger partial charge is 0.327 e. The number of hydrogen-bond acceptors (Lipinski definition) is 5. The third-order valence-corrected chi connectivity index (χ3v) is 5.74. The number of piperidine rings is 1. The first-order valence-electron chi connectivity index (χ1n) is 6.75. The SMILES string of the molecule is Cc1cc(C)c(S(=O)(=O)N2CCCC(N)C2)cc1[N+](=O)[O-]. The van der Waals surface area contributed by atoms with Gasteiger partial charge in [-0.25, -0.2) is 8.42 Å². The number of nitro groups is 1. The Labute approximate surface area is 123 Å². The topological polar surface area (TPSA) is 107 Å². The van der Waals surface area contributed by atoms with Crippen molar-refractivity contribution in [1.29, 1.82) is 0 Å². The molecule has 8 heteroatoms. The number of nitro benzene ring substituents is 1. The van der Waals surface area contributed by atoms with Crippen LogP contribution in [0.25, 0.3) is 0 Å². The van der Waals surface area contributed by atoms with E-state index in [1.54, 1.807) is 13.8 Å². The first-order valence-corrected chi connectivity index (χ1v) is 8.19. The number of nitrogens with zero attached hydrogens (tertiary/aromatic N) is 2. The van der Waals surface area contributed by atoms with Gasteiger partial charge < -0.3 is 5.73 Å². The molecule has 0 aromatic heterocycles. The second-order valence-electron chi connectivity index (χ2n) is 5.43. The van der Waals surface area contributed by atoms with Crippen LogP contribution in [0.5, 0.6) is 0 Å². The summed E-state index contributed by atoms with van der Waals surface area (Å²) in [5, 5.41) is 11.0. The Morgan fingerprint density at radius 2 is 2.00 bits per heavy atom. The van der Waals surface area contributed by atoms with Crippen LogP contribution in [-0.2, 0) is 10.0 Å². The highest BCUT2D eigenvalue weighted by Crippen LogP contribution is 2.29. The summed E-state index contributed by atoms with van der Waals surface area (Å²) in [6.45, 7) is 3.90. The van der Waals surface area contributed by atoms with Crippen LogP contribution in [0, 0.1) is 24.0 Å². The van der Waals surface area contributed by atoms with Crippen LogP contribution >= 0.6 is 0 Å². The third-order valence-electron chi connectivity index (χ3n) is 3.73. The fraction of sp³-hybridized carbons (Fsp3) is 0.538. The minimum atomic E-state index is -3.75. The second kappa shape index (κ2) is 5.70. The zero-order valence-electron chi connectivity index (χ0n) is 12.1. The van der Waals surface area contributed by atoms with E-state index >= 15 is 0 Å². The van der Waals surface area contributed by atoms with Crippen LogP contribution in [-0.4, -0.2) is 36.8 Å². The number of hydrogen-bond donors (Lipinski definition) is 1. The number of sulfonamides is 1. The fourth-order valence-corrected chi connectivity index (χ4v) is 4.39. The molecule has 1 aliphatic heterocycles. The molecule has 0 spiro atoms. The van der Waals surface area contributed by atoms with Crippen molar-refractivity contribution in [2.24, 2.45) is 5.73 Å². The van der Waals surface area contributed by atoms with Crippen molar-refractivity contribution >= 4 is 15.7 Å². The van der Waals surface area contributed by atoms with E-state index < -0.39 is 14.9 Å². The van der Waals surface area contributed by atoms with E-state index in [9.17, 15) is 18.5 Å². The Kier molecular flexibility index (Phi) is 4.31. The Hall–Kier alpha value is -1.51. The van der Waals surface area contributed by atoms with E-state index in [0.717, 1.165) is 12.5 Å². The maximum atomic E-state index is 12.7. The Bertz CT molecular complexity index is 672. The molecule has 0 radical (unpaired) electrons. The molecular weight excluding hydrogens is 294 g/mol. The Morgan fingerprint density at radius 3 is 2.57 bits per heavy atom. The van der Waals surface area contributed by atoms with Crippen LogP contribution in [0.15, 0.2) is 17.0 Å². The molecule has 1 heterocycles. The summed E-state index contributed by atoms with van der Waals surface area (Å²) in [5.41, 5.74) is 6.61. The third kappa shape index (κ3) is 3.07. The van der Waals surface area contributed by atoms with E-state index in [-0.39, 0.29) is 23.2 Å². The molecule has 21 heavy (non-hydrogen) atoms. The molecule has 1 atom stereocenters. The molecular formula is C13H19N3O4S. The van der Waals surface area contributed by atoms with E-state index in [0.29, 0.717) is 24.1 Å². The molecule has 1 aliphatic rings. The first kappa shape index (κ1) is 15.9. The number of aryl methyl sites for hydroxylation is 2. The van der Waals surface area contributed by atoms with Crippen LogP contribution in [0.1, 0.15) is 24.0 Å². The maximum Gasteiger partial charge on any atom is 0.273 e. The van der Waals surface area contributed by atoms with Crippen LogP contribution in [0.4, 0.5) is 5.69 Å². The quantitative estimate of drug-likeness (QED) is 0.669. The molecule has 1 aromatic carbocycles. The van der Waals surface area contributed by atoms with Crippen molar-refractivity contribution in [3.8, 4) is 0 Å². The van der Waals surface area contributed by atoms with E-state index in [1.165, 1.54) is 10.4 Å². The summed E-state index contributed by atoms with van der Waals surface area (Å²) in [7, 11) is -3.75. The molecule has 2 N–H and O–H groups in total. The first-order chi connectivity index (χ1) is 9.73. The van der Waals surface area contributed by atoms with Gasteiger partial charge in [0.15, 0.2) is 0 Å². The average molecular weight is 313 g/mol. The Morgan fingerprint density at radius 1 is 1.33 bits per heavy atom. The predicted octanol–water partition coefficient (Wildman–Crippen LogP) is 1.32. The second-order valence-corrected chi connectivity index (χ2v) is 7.33. The summed E-state index contributed by atoms with van der Waals surface area (Å²) < 4.78 is 26.7. The zero-order valence-corrected chi connectivity index (χ0v) is 12.9. The molecule has 1 saturated heterocycles. The molecule has 0 amide bonds. The lowest BCUT2D eigenvalue weighted by atomic mass is 10.1. The summed E-state index contributed by atoms with van der Waals surface area (Å²) >= 11 is 0. The molecule has 7 nitrogen and oxygen atoms in total. The van der Waals surface area contributed by atoms with Crippen molar-refractivity contribution in [3.05, 3.63) is 33.4 Å². The van der Waals surface area contributed by atoms with Crippen LogP contribution in [0.2, 0.25) is 0 Å². The van der Waals surface area contributed by atoms with Gasteiger partial charge in [-0.2, -0.15) is 4.31 Å². The number of benzene rings is 1. The summed E-state index contributed by atoms with van der Waals surface area (Å²) in [6.07, 6.45) is 1.49.